The number of hydrogen-bond donors (Lipinski definition) is 1. The van der Waals surface area contributed by atoms with Crippen LogP contribution >= 0.6 is 11.6 Å². The maximum atomic E-state index is 12.9. The number of hydrogen-bond acceptors (Lipinski definition) is 5. The smallest absolute Gasteiger partial charge is 0.396 e. The Bertz CT molecular complexity index is 1080. The SMILES string of the molecule is Nc1c(N=Cc2ccc(C(F)(F)F)c([N+](=O)[O-])c2)cc2cccnc2c1Cl. The molecule has 0 saturated heterocycles. The van der Waals surface area contributed by atoms with E-state index in [-0.39, 0.29) is 22.0 Å². The first-order valence-corrected chi connectivity index (χ1v) is 7.78. The molecular formula is C17H10ClF3N4O2. The third kappa shape index (κ3) is 3.68. The molecule has 0 fully saturated rings. The summed E-state index contributed by atoms with van der Waals surface area (Å²) in [5.74, 6) is 0. The van der Waals surface area contributed by atoms with Crippen molar-refractivity contribution in [1.82, 2.24) is 4.98 Å². The van der Waals surface area contributed by atoms with Crippen LogP contribution in [0, 0.1) is 10.1 Å². The fraction of sp³-hybridized carbons (Fsp3) is 0.0588. The van der Waals surface area contributed by atoms with Gasteiger partial charge in [-0.3, -0.25) is 20.1 Å². The predicted molar refractivity (Wildman–Crippen MR) is 96.5 cm³/mol. The molecule has 0 unspecified atom stereocenters. The molecule has 0 amide bonds. The number of aliphatic imine (C=N–C) groups is 1. The van der Waals surface area contributed by atoms with Gasteiger partial charge in [-0.25, -0.2) is 0 Å². The zero-order valence-corrected chi connectivity index (χ0v) is 14.1. The fourth-order valence-electron chi connectivity index (χ4n) is 2.45. The van der Waals surface area contributed by atoms with Crippen LogP contribution in [0.5, 0.6) is 0 Å². The van der Waals surface area contributed by atoms with E-state index < -0.39 is 22.4 Å². The Hall–Kier alpha value is -3.20. The van der Waals surface area contributed by atoms with E-state index in [4.69, 9.17) is 17.3 Å². The number of nitrogens with zero attached hydrogens (tertiary/aromatic N) is 3. The molecule has 0 spiro atoms. The lowest BCUT2D eigenvalue weighted by Crippen LogP contribution is -2.09. The largest absolute Gasteiger partial charge is 0.422 e. The van der Waals surface area contributed by atoms with Gasteiger partial charge >= 0.3 is 6.18 Å². The second-order valence-electron chi connectivity index (χ2n) is 5.49. The van der Waals surface area contributed by atoms with Gasteiger partial charge in [-0.2, -0.15) is 13.2 Å². The molecule has 0 bridgehead atoms. The van der Waals surface area contributed by atoms with Gasteiger partial charge in [0.2, 0.25) is 0 Å². The Balaban J connectivity index is 2.04. The molecule has 27 heavy (non-hydrogen) atoms. The number of anilines is 1. The lowest BCUT2D eigenvalue weighted by atomic mass is 10.1. The Morgan fingerprint density at radius 2 is 2.00 bits per heavy atom. The van der Waals surface area contributed by atoms with Crippen LogP contribution in [-0.2, 0) is 6.18 Å². The summed E-state index contributed by atoms with van der Waals surface area (Å²) in [7, 11) is 0. The van der Waals surface area contributed by atoms with Gasteiger partial charge in [0.25, 0.3) is 5.69 Å². The van der Waals surface area contributed by atoms with Crippen LogP contribution < -0.4 is 5.73 Å². The van der Waals surface area contributed by atoms with Crippen molar-refractivity contribution in [2.24, 2.45) is 4.99 Å². The van der Waals surface area contributed by atoms with Crippen molar-refractivity contribution in [2.45, 2.75) is 6.18 Å². The number of aromatic nitrogens is 1. The van der Waals surface area contributed by atoms with Crippen molar-refractivity contribution in [3.8, 4) is 0 Å². The van der Waals surface area contributed by atoms with Crippen LogP contribution in [0.3, 0.4) is 0 Å². The highest BCUT2D eigenvalue weighted by Crippen LogP contribution is 2.37. The second-order valence-corrected chi connectivity index (χ2v) is 5.87. The topological polar surface area (TPSA) is 94.4 Å². The first-order valence-electron chi connectivity index (χ1n) is 7.41. The van der Waals surface area contributed by atoms with E-state index in [0.717, 1.165) is 12.1 Å². The fourth-order valence-corrected chi connectivity index (χ4v) is 2.71. The van der Waals surface area contributed by atoms with Crippen molar-refractivity contribution in [2.75, 3.05) is 5.73 Å². The molecule has 1 aromatic heterocycles. The molecule has 0 radical (unpaired) electrons. The lowest BCUT2D eigenvalue weighted by Gasteiger charge is -2.08. The molecule has 138 valence electrons. The molecule has 0 aliphatic heterocycles. The predicted octanol–water partition coefficient (Wildman–Crippen LogP) is 5.15. The monoisotopic (exact) mass is 394 g/mol. The Morgan fingerprint density at radius 1 is 1.26 bits per heavy atom. The molecule has 0 atom stereocenters. The summed E-state index contributed by atoms with van der Waals surface area (Å²) in [6, 6.07) is 7.57. The van der Waals surface area contributed by atoms with Gasteiger partial charge in [0.15, 0.2) is 0 Å². The molecule has 2 aromatic carbocycles. The van der Waals surface area contributed by atoms with Crippen molar-refractivity contribution in [3.63, 3.8) is 0 Å². The zero-order chi connectivity index (χ0) is 19.8. The highest BCUT2D eigenvalue weighted by atomic mass is 35.5. The van der Waals surface area contributed by atoms with Crippen LogP contribution in [0.2, 0.25) is 5.02 Å². The van der Waals surface area contributed by atoms with E-state index in [1.165, 1.54) is 6.21 Å². The van der Waals surface area contributed by atoms with E-state index in [9.17, 15) is 23.3 Å². The first kappa shape index (κ1) is 18.6. The maximum Gasteiger partial charge on any atom is 0.422 e. The number of benzene rings is 2. The van der Waals surface area contributed by atoms with Crippen LogP contribution in [0.1, 0.15) is 11.1 Å². The quantitative estimate of drug-likeness (QED) is 0.288. The summed E-state index contributed by atoms with van der Waals surface area (Å²) in [5.41, 5.74) is 4.55. The van der Waals surface area contributed by atoms with Crippen LogP contribution in [0.15, 0.2) is 47.6 Å². The number of nitro groups is 1. The van der Waals surface area contributed by atoms with Crippen molar-refractivity contribution >= 4 is 45.8 Å². The van der Waals surface area contributed by atoms with Gasteiger partial charge in [-0.15, -0.1) is 0 Å². The summed E-state index contributed by atoms with van der Waals surface area (Å²) in [4.78, 5) is 18.1. The number of alkyl halides is 3. The number of nitrogen functional groups attached to an aromatic ring is 1. The summed E-state index contributed by atoms with van der Waals surface area (Å²) in [6.07, 6.45) is -2.10. The summed E-state index contributed by atoms with van der Waals surface area (Å²) < 4.78 is 38.6. The minimum absolute atomic E-state index is 0.108. The average Bonchev–Trinajstić information content (AvgIpc) is 2.62. The second kappa shape index (κ2) is 6.84. The van der Waals surface area contributed by atoms with Crippen molar-refractivity contribution in [3.05, 3.63) is 68.9 Å². The standard InChI is InChI=1S/C17H10ClF3N4O2/c18-14-15(22)12(7-10-2-1-5-23-16(10)14)24-8-9-3-4-11(17(19,20)21)13(6-9)25(26)27/h1-8H,22H2. The number of nitrogens with two attached hydrogens (primary N) is 1. The highest BCUT2D eigenvalue weighted by molar-refractivity contribution is 6.38. The molecule has 2 N–H and O–H groups in total. The molecule has 1 heterocycles. The van der Waals surface area contributed by atoms with Crippen LogP contribution in [0.4, 0.5) is 30.2 Å². The number of nitro benzene ring substituents is 1. The minimum Gasteiger partial charge on any atom is -0.396 e. The molecule has 0 saturated carbocycles. The summed E-state index contributed by atoms with van der Waals surface area (Å²) in [5, 5.41) is 11.8. The zero-order valence-electron chi connectivity index (χ0n) is 13.4. The Kier molecular flexibility index (Phi) is 4.71. The van der Waals surface area contributed by atoms with Crippen LogP contribution in [0.25, 0.3) is 10.9 Å². The van der Waals surface area contributed by atoms with Gasteiger partial charge < -0.3 is 5.73 Å². The van der Waals surface area contributed by atoms with E-state index in [1.807, 2.05) is 0 Å². The van der Waals surface area contributed by atoms with Crippen molar-refractivity contribution < 1.29 is 18.1 Å². The van der Waals surface area contributed by atoms with Crippen LogP contribution in [-0.4, -0.2) is 16.1 Å². The molecule has 3 aromatic rings. The van der Waals surface area contributed by atoms with Gasteiger partial charge in [0.1, 0.15) is 5.56 Å². The number of fused-ring (bicyclic) bond motifs is 1. The molecule has 0 aliphatic carbocycles. The molecule has 6 nitrogen and oxygen atoms in total. The van der Waals surface area contributed by atoms with Gasteiger partial charge in [-0.1, -0.05) is 23.7 Å². The number of halogens is 4. The third-order valence-corrected chi connectivity index (χ3v) is 4.11. The lowest BCUT2D eigenvalue weighted by molar-refractivity contribution is -0.388. The third-order valence-electron chi connectivity index (χ3n) is 3.73. The average molecular weight is 395 g/mol. The summed E-state index contributed by atoms with van der Waals surface area (Å²) >= 11 is 6.17. The molecule has 0 aliphatic rings. The Labute approximate surface area is 155 Å². The molecular weight excluding hydrogens is 385 g/mol. The minimum atomic E-state index is -4.83. The van der Waals surface area contributed by atoms with E-state index in [2.05, 4.69) is 9.98 Å². The van der Waals surface area contributed by atoms with Gasteiger partial charge in [0, 0.05) is 23.9 Å². The number of rotatable bonds is 3. The molecule has 10 heteroatoms. The van der Waals surface area contributed by atoms with Gasteiger partial charge in [-0.05, 0) is 23.8 Å². The van der Waals surface area contributed by atoms with Crippen molar-refractivity contribution in [1.29, 1.82) is 0 Å². The Morgan fingerprint density at radius 3 is 2.67 bits per heavy atom. The molecule has 3 rings (SSSR count). The number of pyridine rings is 1. The van der Waals surface area contributed by atoms with Gasteiger partial charge in [0.05, 0.1) is 26.8 Å². The van der Waals surface area contributed by atoms with E-state index in [1.54, 1.807) is 24.4 Å². The maximum absolute atomic E-state index is 12.9. The summed E-state index contributed by atoms with van der Waals surface area (Å²) in [6.45, 7) is 0. The normalized spacial score (nSPS) is 12.0. The van der Waals surface area contributed by atoms with E-state index >= 15 is 0 Å². The van der Waals surface area contributed by atoms with E-state index in [0.29, 0.717) is 17.0 Å². The first-order chi connectivity index (χ1) is 12.7. The highest BCUT2D eigenvalue weighted by Gasteiger charge is 2.38.